The first-order valence-corrected chi connectivity index (χ1v) is 9.26. The fourth-order valence-corrected chi connectivity index (χ4v) is 3.79. The van der Waals surface area contributed by atoms with Gasteiger partial charge in [0, 0.05) is 12.6 Å². The van der Waals surface area contributed by atoms with Gasteiger partial charge in [0.15, 0.2) is 11.5 Å². The summed E-state index contributed by atoms with van der Waals surface area (Å²) in [4.78, 5) is -0.603. The van der Waals surface area contributed by atoms with Gasteiger partial charge in [-0.1, -0.05) is 11.6 Å². The highest BCUT2D eigenvalue weighted by Crippen LogP contribution is 2.38. The average Bonchev–Trinajstić information content (AvgIpc) is 2.54. The van der Waals surface area contributed by atoms with E-state index in [4.69, 9.17) is 21.1 Å². The Labute approximate surface area is 148 Å². The van der Waals surface area contributed by atoms with Crippen LogP contribution in [0.2, 0.25) is 5.02 Å². The van der Waals surface area contributed by atoms with Crippen molar-refractivity contribution in [3.05, 3.63) is 52.6 Å². The lowest BCUT2D eigenvalue weighted by Crippen LogP contribution is -2.27. The highest BCUT2D eigenvalue weighted by Gasteiger charge is 2.20. The van der Waals surface area contributed by atoms with Crippen LogP contribution in [0.3, 0.4) is 0 Å². The van der Waals surface area contributed by atoms with E-state index >= 15 is 0 Å². The largest absolute Gasteiger partial charge is 0.486 e. The number of halogens is 3. The van der Waals surface area contributed by atoms with Gasteiger partial charge in [-0.2, -0.15) is 0 Å². The van der Waals surface area contributed by atoms with Crippen molar-refractivity contribution in [2.75, 3.05) is 19.8 Å². The van der Waals surface area contributed by atoms with Crippen LogP contribution in [0.15, 0.2) is 35.2 Å². The Kier molecular flexibility index (Phi) is 5.12. The number of fused-ring (bicyclic) bond motifs is 1. The summed E-state index contributed by atoms with van der Waals surface area (Å²) in [6.45, 7) is 0.827. The molecule has 1 heterocycles. The summed E-state index contributed by atoms with van der Waals surface area (Å²) < 4.78 is 63.9. The number of sulfonamides is 1. The van der Waals surface area contributed by atoms with E-state index in [1.807, 2.05) is 0 Å². The maximum Gasteiger partial charge on any atom is 0.243 e. The number of hydrogen-bond donors (Lipinski definition) is 1. The number of benzene rings is 2. The minimum Gasteiger partial charge on any atom is -0.486 e. The fraction of sp³-hybridized carbons (Fsp3) is 0.250. The van der Waals surface area contributed by atoms with Crippen molar-refractivity contribution in [3.8, 4) is 11.5 Å². The van der Waals surface area contributed by atoms with E-state index < -0.39 is 26.6 Å². The highest BCUT2D eigenvalue weighted by molar-refractivity contribution is 7.89. The molecule has 0 fully saturated rings. The van der Waals surface area contributed by atoms with Gasteiger partial charge in [-0.15, -0.1) is 0 Å². The zero-order valence-corrected chi connectivity index (χ0v) is 14.5. The average molecular weight is 390 g/mol. The highest BCUT2D eigenvalue weighted by atomic mass is 35.5. The van der Waals surface area contributed by atoms with Gasteiger partial charge in [-0.05, 0) is 36.2 Å². The lowest BCUT2D eigenvalue weighted by Gasteiger charge is -2.20. The number of hydrogen-bond acceptors (Lipinski definition) is 4. The molecule has 134 valence electrons. The van der Waals surface area contributed by atoms with Gasteiger partial charge in [0.2, 0.25) is 10.0 Å². The molecule has 1 N–H and O–H groups in total. The zero-order valence-electron chi connectivity index (χ0n) is 12.9. The molecule has 25 heavy (non-hydrogen) atoms. The molecule has 3 rings (SSSR count). The molecule has 0 bridgehead atoms. The van der Waals surface area contributed by atoms with Crippen LogP contribution in [-0.4, -0.2) is 28.2 Å². The van der Waals surface area contributed by atoms with E-state index in [0.717, 1.165) is 17.7 Å². The Hall–Kier alpha value is -1.90. The molecule has 0 spiro atoms. The van der Waals surface area contributed by atoms with Crippen molar-refractivity contribution in [3.63, 3.8) is 0 Å². The van der Waals surface area contributed by atoms with Crippen molar-refractivity contribution in [2.45, 2.75) is 11.3 Å². The maximum absolute atomic E-state index is 13.6. The SMILES string of the molecule is O=S(=O)(NCCc1cc(Cl)c2c(c1)OCCO2)c1ccc(F)cc1F. The van der Waals surface area contributed by atoms with E-state index in [1.165, 1.54) is 0 Å². The van der Waals surface area contributed by atoms with Crippen molar-refractivity contribution in [1.82, 2.24) is 4.72 Å². The summed E-state index contributed by atoms with van der Waals surface area (Å²) in [5.74, 6) is -1.02. The molecule has 0 atom stereocenters. The molecule has 0 aromatic heterocycles. The van der Waals surface area contributed by atoms with Crippen LogP contribution in [0.1, 0.15) is 5.56 Å². The molecule has 2 aromatic rings. The minimum absolute atomic E-state index is 0.00905. The quantitative estimate of drug-likeness (QED) is 0.854. The van der Waals surface area contributed by atoms with E-state index in [0.29, 0.717) is 42.2 Å². The molecule has 0 radical (unpaired) electrons. The molecule has 0 saturated heterocycles. The number of rotatable bonds is 5. The number of ether oxygens (including phenoxy) is 2. The van der Waals surface area contributed by atoms with Gasteiger partial charge < -0.3 is 9.47 Å². The summed E-state index contributed by atoms with van der Waals surface area (Å²) in [5, 5.41) is 0.375. The van der Waals surface area contributed by atoms with E-state index in [2.05, 4.69) is 4.72 Å². The van der Waals surface area contributed by atoms with E-state index in [1.54, 1.807) is 12.1 Å². The van der Waals surface area contributed by atoms with Crippen LogP contribution in [0.25, 0.3) is 0 Å². The van der Waals surface area contributed by atoms with Gasteiger partial charge >= 0.3 is 0 Å². The van der Waals surface area contributed by atoms with Crippen molar-refractivity contribution in [2.24, 2.45) is 0 Å². The van der Waals surface area contributed by atoms with Crippen LogP contribution in [0.4, 0.5) is 8.78 Å². The van der Waals surface area contributed by atoms with Gasteiger partial charge in [0.25, 0.3) is 0 Å². The molecule has 0 amide bonds. The first kappa shape index (κ1) is 17.9. The molecule has 9 heteroatoms. The monoisotopic (exact) mass is 389 g/mol. The Bertz CT molecular complexity index is 905. The minimum atomic E-state index is -4.09. The van der Waals surface area contributed by atoms with Crippen LogP contribution >= 0.6 is 11.6 Å². The second-order valence-corrected chi connectivity index (χ2v) is 7.47. The van der Waals surface area contributed by atoms with Crippen LogP contribution < -0.4 is 14.2 Å². The van der Waals surface area contributed by atoms with E-state index in [9.17, 15) is 17.2 Å². The molecule has 0 unspecified atom stereocenters. The predicted octanol–water partition coefficient (Wildman–Crippen LogP) is 2.91. The van der Waals surface area contributed by atoms with E-state index in [-0.39, 0.29) is 6.54 Å². The van der Waals surface area contributed by atoms with Gasteiger partial charge in [0.05, 0.1) is 5.02 Å². The summed E-state index contributed by atoms with van der Waals surface area (Å²) in [7, 11) is -4.09. The Morgan fingerprint density at radius 3 is 2.64 bits per heavy atom. The van der Waals surface area contributed by atoms with Crippen molar-refractivity contribution < 1.29 is 26.7 Å². The molecule has 0 aliphatic carbocycles. The topological polar surface area (TPSA) is 64.6 Å². The second-order valence-electron chi connectivity index (χ2n) is 5.32. The Balaban J connectivity index is 1.69. The molecular formula is C16H14ClF2NO4S. The fourth-order valence-electron chi connectivity index (χ4n) is 2.41. The van der Waals surface area contributed by atoms with Crippen LogP contribution in [0, 0.1) is 11.6 Å². The zero-order chi connectivity index (χ0) is 18.0. The third-order valence-electron chi connectivity index (χ3n) is 3.55. The first-order chi connectivity index (χ1) is 11.9. The maximum atomic E-state index is 13.6. The molecular weight excluding hydrogens is 376 g/mol. The summed E-state index contributed by atoms with van der Waals surface area (Å²) in [6.07, 6.45) is 0.304. The van der Waals surface area contributed by atoms with Gasteiger partial charge in [0.1, 0.15) is 29.7 Å². The molecule has 0 saturated carbocycles. The lowest BCUT2D eigenvalue weighted by atomic mass is 10.1. The standard InChI is InChI=1S/C16H14ClF2NO4S/c17-12-7-10(8-14-16(12)24-6-5-23-14)3-4-20-25(21,22)15-2-1-11(18)9-13(15)19/h1-2,7-9,20H,3-6H2. The Morgan fingerprint density at radius 1 is 1.12 bits per heavy atom. The normalized spacial score (nSPS) is 13.7. The van der Waals surface area contributed by atoms with Gasteiger partial charge in [-0.25, -0.2) is 21.9 Å². The lowest BCUT2D eigenvalue weighted by molar-refractivity contribution is 0.171. The third kappa shape index (κ3) is 4.02. The van der Waals surface area contributed by atoms with Crippen molar-refractivity contribution >= 4 is 21.6 Å². The molecule has 2 aromatic carbocycles. The molecule has 1 aliphatic rings. The summed E-state index contributed by atoms with van der Waals surface area (Å²) in [6, 6.07) is 5.66. The second kappa shape index (κ2) is 7.15. The molecule has 1 aliphatic heterocycles. The summed E-state index contributed by atoms with van der Waals surface area (Å²) in [5.41, 5.74) is 0.733. The molecule has 5 nitrogen and oxygen atoms in total. The summed E-state index contributed by atoms with van der Waals surface area (Å²) >= 11 is 6.12. The smallest absolute Gasteiger partial charge is 0.243 e. The van der Waals surface area contributed by atoms with Crippen molar-refractivity contribution in [1.29, 1.82) is 0 Å². The predicted molar refractivity (Wildman–Crippen MR) is 87.7 cm³/mol. The van der Waals surface area contributed by atoms with Gasteiger partial charge in [-0.3, -0.25) is 0 Å². The third-order valence-corrected chi connectivity index (χ3v) is 5.32. The van der Waals surface area contributed by atoms with Crippen LogP contribution in [0.5, 0.6) is 11.5 Å². The number of nitrogens with one attached hydrogen (secondary N) is 1. The first-order valence-electron chi connectivity index (χ1n) is 7.39. The van der Waals surface area contributed by atoms with Crippen LogP contribution in [-0.2, 0) is 16.4 Å². The Morgan fingerprint density at radius 2 is 1.88 bits per heavy atom.